The van der Waals surface area contributed by atoms with Crippen molar-refractivity contribution in [2.75, 3.05) is 9.80 Å². The van der Waals surface area contributed by atoms with Crippen molar-refractivity contribution in [2.45, 2.75) is 6.42 Å². The van der Waals surface area contributed by atoms with Gasteiger partial charge in [0.15, 0.2) is 5.11 Å². The fraction of sp³-hybridized carbons (Fsp3) is 0.0625. The van der Waals surface area contributed by atoms with E-state index in [1.807, 2.05) is 24.3 Å². The van der Waals surface area contributed by atoms with Crippen LogP contribution in [0, 0.1) is 0 Å². The summed E-state index contributed by atoms with van der Waals surface area (Å²) >= 11 is 12.2. The smallest absolute Gasteiger partial charge is 0.242 e. The second kappa shape index (κ2) is 6.51. The fourth-order valence-electron chi connectivity index (χ4n) is 2.34. The number of amides is 2. The van der Waals surface area contributed by atoms with Gasteiger partial charge in [-0.1, -0.05) is 44.0 Å². The predicted octanol–water partition coefficient (Wildman–Crippen LogP) is 4.27. The van der Waals surface area contributed by atoms with Crippen molar-refractivity contribution in [3.63, 3.8) is 0 Å². The highest BCUT2D eigenvalue weighted by Gasteiger charge is 2.36. The first kappa shape index (κ1) is 16.3. The molecule has 0 N–H and O–H groups in total. The van der Waals surface area contributed by atoms with E-state index < -0.39 is 0 Å². The van der Waals surface area contributed by atoms with Gasteiger partial charge < -0.3 is 0 Å². The number of halogens is 2. The second-order valence-electron chi connectivity index (χ2n) is 4.88. The number of rotatable bonds is 2. The zero-order valence-electron chi connectivity index (χ0n) is 11.7. The molecule has 7 heteroatoms. The van der Waals surface area contributed by atoms with E-state index >= 15 is 0 Å². The van der Waals surface area contributed by atoms with Crippen LogP contribution in [-0.2, 0) is 9.59 Å². The number of thiocarbonyl (C=S) groups is 1. The van der Waals surface area contributed by atoms with Crippen LogP contribution in [-0.4, -0.2) is 16.9 Å². The van der Waals surface area contributed by atoms with E-state index in [0.29, 0.717) is 11.4 Å². The highest BCUT2D eigenvalue weighted by Crippen LogP contribution is 2.29. The number of carbonyl (C=O) groups excluding carboxylic acids is 2. The maximum atomic E-state index is 12.3. The van der Waals surface area contributed by atoms with Gasteiger partial charge in [-0.25, -0.2) is 0 Å². The van der Waals surface area contributed by atoms with Crippen molar-refractivity contribution in [1.82, 2.24) is 0 Å². The molecule has 0 spiro atoms. The molecule has 4 nitrogen and oxygen atoms in total. The van der Waals surface area contributed by atoms with E-state index in [1.165, 1.54) is 9.80 Å². The molecule has 1 saturated heterocycles. The molecule has 1 aliphatic heterocycles. The summed E-state index contributed by atoms with van der Waals surface area (Å²) in [5.74, 6) is -0.659. The van der Waals surface area contributed by atoms with Crippen molar-refractivity contribution in [3.05, 3.63) is 57.5 Å². The lowest BCUT2D eigenvalue weighted by molar-refractivity contribution is -0.126. The van der Waals surface area contributed by atoms with Crippen molar-refractivity contribution < 1.29 is 9.59 Å². The number of benzene rings is 2. The molecule has 1 heterocycles. The summed E-state index contributed by atoms with van der Waals surface area (Å²) in [6.07, 6.45) is -0.223. The van der Waals surface area contributed by atoms with Gasteiger partial charge in [0.05, 0.1) is 11.4 Å². The van der Waals surface area contributed by atoms with Gasteiger partial charge in [0.2, 0.25) is 11.8 Å². The van der Waals surface area contributed by atoms with E-state index in [1.54, 1.807) is 24.3 Å². The maximum absolute atomic E-state index is 12.3. The van der Waals surface area contributed by atoms with Gasteiger partial charge in [-0.15, -0.1) is 0 Å². The Morgan fingerprint density at radius 3 is 1.65 bits per heavy atom. The SMILES string of the molecule is O=C1CC(=O)N(c2cccc(Br)c2)C(=S)N1c1cccc(Br)c1. The summed E-state index contributed by atoms with van der Waals surface area (Å²) < 4.78 is 1.66. The first-order valence-corrected chi connectivity index (χ1v) is 8.68. The minimum Gasteiger partial charge on any atom is -0.273 e. The van der Waals surface area contributed by atoms with Crippen LogP contribution in [0.5, 0.6) is 0 Å². The number of nitrogens with zero attached hydrogens (tertiary/aromatic N) is 2. The Balaban J connectivity index is 2.04. The largest absolute Gasteiger partial charge is 0.273 e. The van der Waals surface area contributed by atoms with Crippen molar-refractivity contribution in [2.24, 2.45) is 0 Å². The lowest BCUT2D eigenvalue weighted by Gasteiger charge is -2.35. The van der Waals surface area contributed by atoms with E-state index in [2.05, 4.69) is 31.9 Å². The van der Waals surface area contributed by atoms with Gasteiger partial charge >= 0.3 is 0 Å². The topological polar surface area (TPSA) is 40.6 Å². The third kappa shape index (κ3) is 3.22. The molecule has 1 aliphatic rings. The molecule has 0 unspecified atom stereocenters. The minimum atomic E-state index is -0.329. The molecule has 0 radical (unpaired) electrons. The van der Waals surface area contributed by atoms with Gasteiger partial charge in [0.1, 0.15) is 6.42 Å². The van der Waals surface area contributed by atoms with Gasteiger partial charge in [-0.3, -0.25) is 19.4 Å². The maximum Gasteiger partial charge on any atom is 0.242 e. The summed E-state index contributed by atoms with van der Waals surface area (Å²) in [5.41, 5.74) is 1.25. The first-order valence-electron chi connectivity index (χ1n) is 6.68. The van der Waals surface area contributed by atoms with Gasteiger partial charge in [-0.2, -0.15) is 0 Å². The monoisotopic (exact) mass is 452 g/mol. The van der Waals surface area contributed by atoms with Crippen LogP contribution in [0.3, 0.4) is 0 Å². The third-order valence-corrected chi connectivity index (χ3v) is 4.67. The zero-order valence-corrected chi connectivity index (χ0v) is 15.7. The average molecular weight is 454 g/mol. The number of hydrogen-bond acceptors (Lipinski definition) is 3. The molecule has 23 heavy (non-hydrogen) atoms. The number of hydrogen-bond donors (Lipinski definition) is 0. The minimum absolute atomic E-state index is 0.155. The third-order valence-electron chi connectivity index (χ3n) is 3.32. The molecular formula is C16H10Br2N2O2S. The van der Waals surface area contributed by atoms with E-state index in [0.717, 1.165) is 8.95 Å². The molecule has 1 fully saturated rings. The fourth-order valence-corrected chi connectivity index (χ4v) is 3.53. The number of carbonyl (C=O) groups is 2. The molecule has 2 amide bonds. The van der Waals surface area contributed by atoms with Crippen LogP contribution < -0.4 is 9.80 Å². The van der Waals surface area contributed by atoms with Crippen molar-refractivity contribution in [1.29, 1.82) is 0 Å². The molecule has 2 aromatic carbocycles. The molecule has 0 bridgehead atoms. The molecular weight excluding hydrogens is 444 g/mol. The Kier molecular flexibility index (Phi) is 4.61. The lowest BCUT2D eigenvalue weighted by Crippen LogP contribution is -2.55. The van der Waals surface area contributed by atoms with E-state index in [-0.39, 0.29) is 23.3 Å². The van der Waals surface area contributed by atoms with Crippen LogP contribution in [0.15, 0.2) is 57.5 Å². The van der Waals surface area contributed by atoms with Gasteiger partial charge in [0, 0.05) is 8.95 Å². The highest BCUT2D eigenvalue weighted by atomic mass is 79.9. The van der Waals surface area contributed by atoms with E-state index in [4.69, 9.17) is 12.2 Å². The molecule has 2 aromatic rings. The predicted molar refractivity (Wildman–Crippen MR) is 100 cm³/mol. The summed E-state index contributed by atoms with van der Waals surface area (Å²) in [7, 11) is 0. The molecule has 0 atom stereocenters. The number of anilines is 2. The average Bonchev–Trinajstić information content (AvgIpc) is 2.47. The normalized spacial score (nSPS) is 15.3. The van der Waals surface area contributed by atoms with Crippen molar-refractivity contribution >= 4 is 72.4 Å². The Hall–Kier alpha value is -1.57. The lowest BCUT2D eigenvalue weighted by atomic mass is 10.2. The molecule has 0 aromatic heterocycles. The Morgan fingerprint density at radius 2 is 1.26 bits per heavy atom. The van der Waals surface area contributed by atoms with Crippen LogP contribution in [0.25, 0.3) is 0 Å². The second-order valence-corrected chi connectivity index (χ2v) is 7.07. The summed E-state index contributed by atoms with van der Waals surface area (Å²) in [5, 5.41) is 0.155. The first-order chi connectivity index (χ1) is 11.0. The van der Waals surface area contributed by atoms with Crippen LogP contribution in [0.2, 0.25) is 0 Å². The molecule has 116 valence electrons. The Morgan fingerprint density at radius 1 is 0.826 bits per heavy atom. The Bertz CT molecular complexity index is 760. The van der Waals surface area contributed by atoms with Crippen LogP contribution in [0.4, 0.5) is 11.4 Å². The molecule has 0 aliphatic carbocycles. The van der Waals surface area contributed by atoms with E-state index in [9.17, 15) is 9.59 Å². The quantitative estimate of drug-likeness (QED) is 0.503. The highest BCUT2D eigenvalue weighted by molar-refractivity contribution is 9.10. The summed E-state index contributed by atoms with van der Waals surface area (Å²) in [4.78, 5) is 27.5. The molecule has 3 rings (SSSR count). The Labute approximate surface area is 155 Å². The zero-order chi connectivity index (χ0) is 16.6. The van der Waals surface area contributed by atoms with Crippen LogP contribution in [0.1, 0.15) is 6.42 Å². The molecule has 0 saturated carbocycles. The van der Waals surface area contributed by atoms with Gasteiger partial charge in [-0.05, 0) is 48.6 Å². The summed E-state index contributed by atoms with van der Waals surface area (Å²) in [6, 6.07) is 14.5. The van der Waals surface area contributed by atoms with Crippen molar-refractivity contribution in [3.8, 4) is 0 Å². The van der Waals surface area contributed by atoms with Crippen LogP contribution >= 0.6 is 44.1 Å². The summed E-state index contributed by atoms with van der Waals surface area (Å²) in [6.45, 7) is 0. The van der Waals surface area contributed by atoms with Gasteiger partial charge in [0.25, 0.3) is 0 Å². The standard InChI is InChI=1S/C16H10Br2N2O2S/c17-10-3-1-5-12(7-10)19-14(21)9-15(22)20(16(19)23)13-6-2-4-11(18)8-13/h1-8H,9H2.